The quantitative estimate of drug-likeness (QED) is 0.106. The van der Waals surface area contributed by atoms with Crippen LogP contribution in [0.25, 0.3) is 11.0 Å². The molecule has 0 unspecified atom stereocenters. The second-order valence-electron chi connectivity index (χ2n) is 11.3. The van der Waals surface area contributed by atoms with E-state index in [-0.39, 0.29) is 17.0 Å². The Morgan fingerprint density at radius 3 is 2.07 bits per heavy atom. The molecule has 0 saturated heterocycles. The average Bonchev–Trinajstić information content (AvgIpc) is 3.31. The topological polar surface area (TPSA) is 135 Å². The molecule has 0 atom stereocenters. The molecular weight excluding hydrogens is 603 g/mol. The molecule has 0 aliphatic rings. The number of unbranched alkanes of at least 4 members (excludes halogenated alkanes) is 3. The molecule has 1 heterocycles. The van der Waals surface area contributed by atoms with Crippen LogP contribution in [0.4, 0.5) is 11.4 Å². The Kier molecular flexibility index (Phi) is 13.1. The maximum atomic E-state index is 14.0. The van der Waals surface area contributed by atoms with Gasteiger partial charge in [-0.15, -0.1) is 0 Å². The first-order chi connectivity index (χ1) is 20.8. The highest BCUT2D eigenvalue weighted by atomic mass is 32.2. The van der Waals surface area contributed by atoms with Crippen molar-refractivity contribution in [2.24, 2.45) is 0 Å². The smallest absolute Gasteiger partial charge is 0.229 e. The molecule has 3 aromatic rings. The number of fused-ring (bicyclic) bond motifs is 1. The van der Waals surface area contributed by atoms with E-state index in [1.807, 2.05) is 6.92 Å². The molecule has 0 bridgehead atoms. The Balaban J connectivity index is 1.91. The molecule has 1 aromatic heterocycles. The van der Waals surface area contributed by atoms with Gasteiger partial charge in [-0.05, 0) is 75.2 Å². The van der Waals surface area contributed by atoms with E-state index in [2.05, 4.69) is 28.2 Å². The summed E-state index contributed by atoms with van der Waals surface area (Å²) in [6.07, 6.45) is 9.63. The number of hydrogen-bond acceptors (Lipinski definition) is 8. The zero-order chi connectivity index (χ0) is 32.3. The summed E-state index contributed by atoms with van der Waals surface area (Å²) in [5.41, 5.74) is 1.51. The number of nitrogens with zero attached hydrogens (tertiary/aromatic N) is 1. The monoisotopic (exact) mass is 649 g/mol. The third kappa shape index (κ3) is 10.8. The highest BCUT2D eigenvalue weighted by Crippen LogP contribution is 2.34. The van der Waals surface area contributed by atoms with Crippen molar-refractivity contribution in [3.05, 3.63) is 53.3 Å². The average molecular weight is 650 g/mol. The van der Waals surface area contributed by atoms with Gasteiger partial charge in [0, 0.05) is 29.6 Å². The number of rotatable bonds is 20. The number of anilines is 2. The zero-order valence-electron chi connectivity index (χ0n) is 26.6. The summed E-state index contributed by atoms with van der Waals surface area (Å²) >= 11 is 0. The fraction of sp³-hybridized carbons (Fsp3) is 0.531. The van der Waals surface area contributed by atoms with Crippen molar-refractivity contribution in [2.75, 3.05) is 48.2 Å². The minimum atomic E-state index is -3.67. The number of furan rings is 1. The van der Waals surface area contributed by atoms with Crippen molar-refractivity contribution >= 4 is 48.2 Å². The van der Waals surface area contributed by atoms with Gasteiger partial charge in [-0.25, -0.2) is 16.8 Å². The molecule has 12 heteroatoms. The van der Waals surface area contributed by atoms with Gasteiger partial charge in [-0.1, -0.05) is 40.0 Å². The Bertz CT molecular complexity index is 1610. The van der Waals surface area contributed by atoms with Gasteiger partial charge in [0.05, 0.1) is 30.4 Å². The van der Waals surface area contributed by atoms with E-state index in [9.17, 15) is 21.6 Å². The van der Waals surface area contributed by atoms with Gasteiger partial charge < -0.3 is 14.1 Å². The maximum Gasteiger partial charge on any atom is 0.229 e. The minimum Gasteiger partial charge on any atom is -0.491 e. The molecule has 2 N–H and O–H groups in total. The number of sulfonamides is 2. The molecule has 3 rings (SSSR count). The second-order valence-corrected chi connectivity index (χ2v) is 14.8. The highest BCUT2D eigenvalue weighted by Gasteiger charge is 2.24. The molecule has 0 fully saturated rings. The van der Waals surface area contributed by atoms with E-state index in [4.69, 9.17) is 9.15 Å². The van der Waals surface area contributed by atoms with Gasteiger partial charge in [0.25, 0.3) is 0 Å². The lowest BCUT2D eigenvalue weighted by molar-refractivity contribution is 0.103. The van der Waals surface area contributed by atoms with E-state index in [0.29, 0.717) is 46.8 Å². The Morgan fingerprint density at radius 2 is 1.45 bits per heavy atom. The van der Waals surface area contributed by atoms with Crippen LogP contribution in [-0.2, 0) is 26.5 Å². The molecule has 2 aromatic carbocycles. The van der Waals surface area contributed by atoms with Crippen LogP contribution >= 0.6 is 0 Å². The van der Waals surface area contributed by atoms with Crippen LogP contribution in [0.3, 0.4) is 0 Å². The SMILES string of the molecule is CCCCc1oc2ccc(NS(C)(=O)=O)cc2c1C(=O)c1ccc(OCCCN(CCCC)CCCC)c(NS(C)(=O)=O)c1. The van der Waals surface area contributed by atoms with Crippen molar-refractivity contribution in [1.29, 1.82) is 0 Å². The number of ether oxygens (including phenoxy) is 1. The van der Waals surface area contributed by atoms with Crippen LogP contribution < -0.4 is 14.2 Å². The van der Waals surface area contributed by atoms with Crippen LogP contribution in [0, 0.1) is 0 Å². The molecule has 0 spiro atoms. The van der Waals surface area contributed by atoms with E-state index >= 15 is 0 Å². The second kappa shape index (κ2) is 16.3. The lowest BCUT2D eigenvalue weighted by Gasteiger charge is -2.22. The molecule has 0 aliphatic heterocycles. The molecule has 0 aliphatic carbocycles. The standard InChI is InChI=1S/C32H47N3O7S2/c1-6-9-13-30-31(26-23-25(33-43(4,37)38)15-17-28(26)42-30)32(36)24-14-16-29(27(22-24)34-44(5,39)40)41-21-12-20-35(18-10-7-2)19-11-8-3/h14-17,22-23,33-34H,6-13,18-21H2,1-5H3. The van der Waals surface area contributed by atoms with Crippen molar-refractivity contribution in [1.82, 2.24) is 4.90 Å². The van der Waals surface area contributed by atoms with Gasteiger partial charge in [0.15, 0.2) is 5.78 Å². The zero-order valence-corrected chi connectivity index (χ0v) is 28.2. The fourth-order valence-corrected chi connectivity index (χ4v) is 6.09. The van der Waals surface area contributed by atoms with Crippen molar-refractivity contribution in [3.8, 4) is 5.75 Å². The Labute approximate surface area is 262 Å². The number of carbonyl (C=O) groups excluding carboxylic acids is 1. The molecule has 0 saturated carbocycles. The predicted octanol–water partition coefficient (Wildman–Crippen LogP) is 6.42. The molecule has 44 heavy (non-hydrogen) atoms. The normalized spacial score (nSPS) is 12.1. The summed E-state index contributed by atoms with van der Waals surface area (Å²) in [5, 5.41) is 0.475. The number of carbonyl (C=O) groups is 1. The van der Waals surface area contributed by atoms with Gasteiger partial charge in [0.2, 0.25) is 20.0 Å². The molecular formula is C32H47N3O7S2. The molecule has 0 amide bonds. The lowest BCUT2D eigenvalue weighted by Crippen LogP contribution is -2.28. The van der Waals surface area contributed by atoms with Crippen LogP contribution in [0.1, 0.15) is 87.4 Å². The maximum absolute atomic E-state index is 14.0. The summed E-state index contributed by atoms with van der Waals surface area (Å²) in [6, 6.07) is 9.50. The first-order valence-corrected chi connectivity index (χ1v) is 19.2. The van der Waals surface area contributed by atoms with Crippen LogP contribution in [0.2, 0.25) is 0 Å². The van der Waals surface area contributed by atoms with E-state index in [1.165, 1.54) is 6.07 Å². The first-order valence-electron chi connectivity index (χ1n) is 15.4. The van der Waals surface area contributed by atoms with E-state index < -0.39 is 20.0 Å². The van der Waals surface area contributed by atoms with Crippen LogP contribution in [0.15, 0.2) is 40.8 Å². The largest absolute Gasteiger partial charge is 0.491 e. The van der Waals surface area contributed by atoms with E-state index in [1.54, 1.807) is 30.3 Å². The number of ketones is 1. The summed E-state index contributed by atoms with van der Waals surface area (Å²) in [6.45, 7) is 9.76. The van der Waals surface area contributed by atoms with Gasteiger partial charge >= 0.3 is 0 Å². The third-order valence-electron chi connectivity index (χ3n) is 7.12. The summed E-state index contributed by atoms with van der Waals surface area (Å²) in [4.78, 5) is 16.5. The van der Waals surface area contributed by atoms with Crippen molar-refractivity contribution in [2.45, 2.75) is 72.1 Å². The number of aryl methyl sites for hydroxylation is 1. The Morgan fingerprint density at radius 1 is 0.818 bits per heavy atom. The van der Waals surface area contributed by atoms with Crippen LogP contribution in [-0.4, -0.2) is 66.3 Å². The minimum absolute atomic E-state index is 0.175. The highest BCUT2D eigenvalue weighted by molar-refractivity contribution is 7.92. The summed E-state index contributed by atoms with van der Waals surface area (Å²) in [7, 11) is -7.21. The summed E-state index contributed by atoms with van der Waals surface area (Å²) in [5.74, 6) is 0.470. The van der Waals surface area contributed by atoms with E-state index in [0.717, 1.165) is 77.1 Å². The fourth-order valence-electron chi connectivity index (χ4n) is 4.98. The van der Waals surface area contributed by atoms with Crippen molar-refractivity contribution in [3.63, 3.8) is 0 Å². The number of benzene rings is 2. The lowest BCUT2D eigenvalue weighted by atomic mass is 9.97. The molecule has 0 radical (unpaired) electrons. The Hall–Kier alpha value is -3.09. The molecule has 10 nitrogen and oxygen atoms in total. The first kappa shape index (κ1) is 35.4. The summed E-state index contributed by atoms with van der Waals surface area (Å²) < 4.78 is 65.2. The van der Waals surface area contributed by atoms with Gasteiger partial charge in [0.1, 0.15) is 17.1 Å². The molecule has 244 valence electrons. The van der Waals surface area contributed by atoms with Crippen molar-refractivity contribution < 1.29 is 30.8 Å². The number of hydrogen-bond donors (Lipinski definition) is 2. The predicted molar refractivity (Wildman–Crippen MR) is 178 cm³/mol. The number of nitrogens with one attached hydrogen (secondary N) is 2. The third-order valence-corrected chi connectivity index (χ3v) is 8.31. The van der Waals surface area contributed by atoms with Gasteiger partial charge in [-0.3, -0.25) is 14.2 Å². The van der Waals surface area contributed by atoms with Crippen LogP contribution in [0.5, 0.6) is 5.75 Å². The van der Waals surface area contributed by atoms with Gasteiger partial charge in [-0.2, -0.15) is 0 Å².